The average molecular weight is 486 g/mol. The molecule has 0 saturated carbocycles. The largest absolute Gasteiger partial charge is 0.497 e. The number of ether oxygens (including phenoxy) is 2. The Bertz CT molecular complexity index is 1230. The van der Waals surface area contributed by atoms with Gasteiger partial charge >= 0.3 is 0 Å². The number of anilines is 1. The van der Waals surface area contributed by atoms with E-state index in [1.165, 1.54) is 30.3 Å². The molecule has 1 amide bonds. The van der Waals surface area contributed by atoms with Crippen LogP contribution in [0, 0.1) is 10.1 Å². The molecule has 0 bridgehead atoms. The first-order valence-corrected chi connectivity index (χ1v) is 11.6. The van der Waals surface area contributed by atoms with Gasteiger partial charge in [-0.05, 0) is 42.5 Å². The van der Waals surface area contributed by atoms with Crippen LogP contribution in [0.5, 0.6) is 11.5 Å². The number of benzene rings is 3. The van der Waals surface area contributed by atoms with Crippen LogP contribution in [0.4, 0.5) is 11.4 Å². The van der Waals surface area contributed by atoms with E-state index >= 15 is 0 Å². The van der Waals surface area contributed by atoms with E-state index in [0.717, 1.165) is 10.4 Å². The van der Waals surface area contributed by atoms with Crippen LogP contribution in [0.3, 0.4) is 0 Å². The van der Waals surface area contributed by atoms with Gasteiger partial charge in [0.25, 0.3) is 15.7 Å². The lowest BCUT2D eigenvalue weighted by Crippen LogP contribution is -2.41. The third kappa shape index (κ3) is 6.23. The van der Waals surface area contributed by atoms with E-state index in [4.69, 9.17) is 9.47 Å². The van der Waals surface area contributed by atoms with E-state index in [1.54, 1.807) is 49.6 Å². The predicted molar refractivity (Wildman–Crippen MR) is 126 cm³/mol. The summed E-state index contributed by atoms with van der Waals surface area (Å²) in [5.74, 6) is 0.672. The lowest BCUT2D eigenvalue weighted by Gasteiger charge is -2.24. The van der Waals surface area contributed by atoms with E-state index in [9.17, 15) is 23.3 Å². The van der Waals surface area contributed by atoms with Gasteiger partial charge in [0.2, 0.25) is 5.91 Å². The van der Waals surface area contributed by atoms with Crippen LogP contribution in [0.15, 0.2) is 83.8 Å². The second kappa shape index (κ2) is 11.1. The van der Waals surface area contributed by atoms with Crippen LogP contribution < -0.4 is 19.1 Å². The van der Waals surface area contributed by atoms with Crippen molar-refractivity contribution in [3.63, 3.8) is 0 Å². The van der Waals surface area contributed by atoms with Crippen molar-refractivity contribution in [3.05, 3.63) is 89.0 Å². The molecule has 0 saturated heterocycles. The number of nitrogens with zero attached hydrogens (tertiary/aromatic N) is 2. The number of amides is 1. The number of nitro groups is 1. The van der Waals surface area contributed by atoms with Crippen molar-refractivity contribution in [3.8, 4) is 11.5 Å². The van der Waals surface area contributed by atoms with Crippen molar-refractivity contribution in [1.82, 2.24) is 5.32 Å². The number of methoxy groups -OCH3 is 1. The highest BCUT2D eigenvalue weighted by atomic mass is 32.2. The molecule has 34 heavy (non-hydrogen) atoms. The molecular formula is C23H23N3O7S. The maximum Gasteiger partial charge on any atom is 0.271 e. The minimum absolute atomic E-state index is 0.00249. The van der Waals surface area contributed by atoms with Crippen LogP contribution in [-0.2, 0) is 14.8 Å². The van der Waals surface area contributed by atoms with Gasteiger partial charge < -0.3 is 14.8 Å². The number of non-ortho nitro benzene ring substituents is 1. The second-order valence-electron chi connectivity index (χ2n) is 6.98. The van der Waals surface area contributed by atoms with Crippen molar-refractivity contribution in [2.45, 2.75) is 4.90 Å². The fraction of sp³-hybridized carbons (Fsp3) is 0.174. The summed E-state index contributed by atoms with van der Waals surface area (Å²) in [6.45, 7) is -0.291. The summed E-state index contributed by atoms with van der Waals surface area (Å²) in [6, 6.07) is 19.6. The molecule has 3 aromatic rings. The minimum Gasteiger partial charge on any atom is -0.497 e. The van der Waals surface area contributed by atoms with Crippen molar-refractivity contribution in [2.75, 3.05) is 31.1 Å². The number of nitrogens with one attached hydrogen (secondary N) is 1. The monoisotopic (exact) mass is 485 g/mol. The van der Waals surface area contributed by atoms with Gasteiger partial charge in [0.15, 0.2) is 0 Å². The second-order valence-corrected chi connectivity index (χ2v) is 8.84. The van der Waals surface area contributed by atoms with Gasteiger partial charge in [-0.15, -0.1) is 0 Å². The first-order chi connectivity index (χ1) is 16.3. The molecule has 10 nitrogen and oxygen atoms in total. The summed E-state index contributed by atoms with van der Waals surface area (Å²) >= 11 is 0. The summed E-state index contributed by atoms with van der Waals surface area (Å²) in [5.41, 5.74) is -0.290. The highest BCUT2D eigenvalue weighted by Crippen LogP contribution is 2.26. The van der Waals surface area contributed by atoms with Gasteiger partial charge in [0, 0.05) is 12.1 Å². The summed E-state index contributed by atoms with van der Waals surface area (Å²) in [5, 5.41) is 13.8. The first kappa shape index (κ1) is 24.5. The Morgan fingerprint density at radius 2 is 1.68 bits per heavy atom. The normalized spacial score (nSPS) is 10.9. The summed E-state index contributed by atoms with van der Waals surface area (Å²) < 4.78 is 38.0. The lowest BCUT2D eigenvalue weighted by molar-refractivity contribution is -0.384. The molecule has 0 aliphatic heterocycles. The zero-order chi connectivity index (χ0) is 24.6. The maximum absolute atomic E-state index is 13.3. The lowest BCUT2D eigenvalue weighted by atomic mass is 10.3. The molecule has 0 radical (unpaired) electrons. The standard InChI is InChI=1S/C23H23N3O7S/c1-32-20-10-12-21(13-11-20)33-15-14-24-23(27)17-25(18-6-5-7-19(16-18)26(28)29)34(30,31)22-8-3-2-4-9-22/h2-13,16H,14-15,17H2,1H3,(H,24,27). The Balaban J connectivity index is 1.71. The topological polar surface area (TPSA) is 128 Å². The van der Waals surface area contributed by atoms with Gasteiger partial charge in [-0.25, -0.2) is 8.42 Å². The van der Waals surface area contributed by atoms with Gasteiger partial charge in [0.1, 0.15) is 24.7 Å². The molecule has 3 aromatic carbocycles. The van der Waals surface area contributed by atoms with E-state index < -0.39 is 27.4 Å². The van der Waals surface area contributed by atoms with E-state index in [2.05, 4.69) is 5.32 Å². The van der Waals surface area contributed by atoms with Gasteiger partial charge in [-0.1, -0.05) is 24.3 Å². The summed E-state index contributed by atoms with van der Waals surface area (Å²) in [4.78, 5) is 23.1. The highest BCUT2D eigenvalue weighted by Gasteiger charge is 2.28. The quantitative estimate of drug-likeness (QED) is 0.251. The number of hydrogen-bond acceptors (Lipinski definition) is 7. The van der Waals surface area contributed by atoms with Crippen LogP contribution >= 0.6 is 0 Å². The highest BCUT2D eigenvalue weighted by molar-refractivity contribution is 7.92. The molecule has 0 atom stereocenters. The molecular weight excluding hydrogens is 462 g/mol. The Morgan fingerprint density at radius 1 is 1.00 bits per heavy atom. The van der Waals surface area contributed by atoms with Crippen LogP contribution in [0.25, 0.3) is 0 Å². The first-order valence-electron chi connectivity index (χ1n) is 10.2. The number of hydrogen-bond donors (Lipinski definition) is 1. The Kier molecular flexibility index (Phi) is 8.04. The van der Waals surface area contributed by atoms with Crippen molar-refractivity contribution in [1.29, 1.82) is 0 Å². The van der Waals surface area contributed by atoms with E-state index in [-0.39, 0.29) is 29.4 Å². The fourth-order valence-electron chi connectivity index (χ4n) is 3.01. The van der Waals surface area contributed by atoms with Crippen molar-refractivity contribution in [2.24, 2.45) is 0 Å². The smallest absolute Gasteiger partial charge is 0.271 e. The van der Waals surface area contributed by atoms with Gasteiger partial charge in [0.05, 0.1) is 29.2 Å². The van der Waals surface area contributed by atoms with Crippen molar-refractivity contribution < 1.29 is 27.6 Å². The number of carbonyl (C=O) groups is 1. The molecule has 3 rings (SSSR count). The molecule has 11 heteroatoms. The molecule has 0 heterocycles. The molecule has 0 aliphatic rings. The fourth-order valence-corrected chi connectivity index (χ4v) is 4.45. The van der Waals surface area contributed by atoms with E-state index in [1.807, 2.05) is 0 Å². The summed E-state index contributed by atoms with van der Waals surface area (Å²) in [7, 11) is -2.61. The Hall–Kier alpha value is -4.12. The number of rotatable bonds is 11. The maximum atomic E-state index is 13.3. The molecule has 0 aromatic heterocycles. The van der Waals surface area contributed by atoms with E-state index in [0.29, 0.717) is 11.5 Å². The number of sulfonamides is 1. The molecule has 178 valence electrons. The van der Waals surface area contributed by atoms with Crippen LogP contribution in [0.1, 0.15) is 0 Å². The zero-order valence-electron chi connectivity index (χ0n) is 18.3. The molecule has 0 fully saturated rings. The Morgan fingerprint density at radius 3 is 2.32 bits per heavy atom. The Labute approximate surface area is 196 Å². The molecule has 0 unspecified atom stereocenters. The van der Waals surface area contributed by atoms with Crippen LogP contribution in [0.2, 0.25) is 0 Å². The SMILES string of the molecule is COc1ccc(OCCNC(=O)CN(c2cccc([N+](=O)[O-])c2)S(=O)(=O)c2ccccc2)cc1. The van der Waals surface area contributed by atoms with Gasteiger partial charge in [-0.2, -0.15) is 0 Å². The predicted octanol–water partition coefficient (Wildman–Crippen LogP) is 2.99. The van der Waals surface area contributed by atoms with Crippen LogP contribution in [-0.4, -0.2) is 46.1 Å². The third-order valence-corrected chi connectivity index (χ3v) is 6.49. The molecule has 0 aliphatic carbocycles. The summed E-state index contributed by atoms with van der Waals surface area (Å²) in [6.07, 6.45) is 0. The minimum atomic E-state index is -4.17. The zero-order valence-corrected chi connectivity index (χ0v) is 19.1. The average Bonchev–Trinajstić information content (AvgIpc) is 2.86. The van der Waals surface area contributed by atoms with Crippen molar-refractivity contribution >= 4 is 27.3 Å². The molecule has 0 spiro atoms. The third-order valence-electron chi connectivity index (χ3n) is 4.70. The number of carbonyl (C=O) groups excluding carboxylic acids is 1. The number of nitro benzene ring substituents is 1. The van der Waals surface area contributed by atoms with Gasteiger partial charge in [-0.3, -0.25) is 19.2 Å². The molecule has 1 N–H and O–H groups in total.